The van der Waals surface area contributed by atoms with Crippen molar-refractivity contribution < 1.29 is 22.3 Å². The van der Waals surface area contributed by atoms with Gasteiger partial charge in [-0.15, -0.1) is 0 Å². The molecule has 0 unspecified atom stereocenters. The van der Waals surface area contributed by atoms with Crippen LogP contribution in [-0.4, -0.2) is 38.4 Å². The Morgan fingerprint density at radius 2 is 2.00 bits per heavy atom. The van der Waals surface area contributed by atoms with E-state index in [0.717, 1.165) is 50.0 Å². The number of nitrogens with one attached hydrogen (secondary N) is 1. The van der Waals surface area contributed by atoms with Gasteiger partial charge in [-0.25, -0.2) is 18.1 Å². The molecule has 0 amide bonds. The number of benzene rings is 1. The van der Waals surface area contributed by atoms with Gasteiger partial charge in [-0.05, 0) is 68.6 Å². The molecule has 2 fully saturated rings. The molecular formula is C23H30N2O5S. The lowest BCUT2D eigenvalue weighted by Gasteiger charge is -2.32. The Kier molecular flexibility index (Phi) is 5.56. The van der Waals surface area contributed by atoms with E-state index in [9.17, 15) is 8.42 Å². The zero-order valence-corrected chi connectivity index (χ0v) is 18.7. The summed E-state index contributed by atoms with van der Waals surface area (Å²) in [6.45, 7) is 0.834. The van der Waals surface area contributed by atoms with E-state index in [0.29, 0.717) is 31.4 Å². The molecule has 1 aromatic heterocycles. The third-order valence-electron chi connectivity index (χ3n) is 6.98. The van der Waals surface area contributed by atoms with E-state index in [1.807, 2.05) is 6.07 Å². The molecular weight excluding hydrogens is 416 g/mol. The number of sulfonamides is 1. The number of hydrogen-bond acceptors (Lipinski definition) is 6. The molecule has 6 rings (SSSR count). The van der Waals surface area contributed by atoms with Crippen LogP contribution < -0.4 is 9.46 Å². The monoisotopic (exact) mass is 446 g/mol. The van der Waals surface area contributed by atoms with Gasteiger partial charge in [0.25, 0.3) is 0 Å². The summed E-state index contributed by atoms with van der Waals surface area (Å²) in [6.07, 6.45) is 9.45. The minimum atomic E-state index is -3.27. The Hall–Kier alpha value is -1.90. The number of oxazole rings is 1. The molecule has 2 aliphatic carbocycles. The molecule has 6 bridgehead atoms. The summed E-state index contributed by atoms with van der Waals surface area (Å²) in [5.41, 5.74) is 1.64. The first kappa shape index (κ1) is 21.0. The highest BCUT2D eigenvalue weighted by Gasteiger charge is 2.46. The molecule has 1 aromatic carbocycles. The molecule has 0 radical (unpaired) electrons. The second-order valence-corrected chi connectivity index (χ2v) is 11.2. The SMILES string of the molecule is CS(=O)(=O)N[C@H]1CC[C@@]2(COC3CCC(CC3)c3cccc(c3)OCc3coc2n3)C1. The Morgan fingerprint density at radius 1 is 1.16 bits per heavy atom. The number of aromatic nitrogens is 1. The highest BCUT2D eigenvalue weighted by Crippen LogP contribution is 2.43. The number of hydrogen-bond donors (Lipinski definition) is 1. The summed E-state index contributed by atoms with van der Waals surface area (Å²) in [6, 6.07) is 8.24. The van der Waals surface area contributed by atoms with Gasteiger partial charge in [-0.3, -0.25) is 0 Å². The number of rotatable bonds is 2. The maximum atomic E-state index is 11.8. The van der Waals surface area contributed by atoms with Gasteiger partial charge >= 0.3 is 0 Å². The van der Waals surface area contributed by atoms with Crippen LogP contribution >= 0.6 is 0 Å². The smallest absolute Gasteiger partial charge is 0.208 e. The van der Waals surface area contributed by atoms with E-state index >= 15 is 0 Å². The van der Waals surface area contributed by atoms with Crippen molar-refractivity contribution in [3.63, 3.8) is 0 Å². The average Bonchev–Trinajstić information content (AvgIpc) is 3.38. The van der Waals surface area contributed by atoms with Gasteiger partial charge in [0.05, 0.1) is 24.4 Å². The predicted molar refractivity (Wildman–Crippen MR) is 116 cm³/mol. The molecule has 8 heteroatoms. The normalized spacial score (nSPS) is 31.2. The highest BCUT2D eigenvalue weighted by atomic mass is 32.2. The van der Waals surface area contributed by atoms with Crippen LogP contribution in [0.4, 0.5) is 0 Å². The molecule has 31 heavy (non-hydrogen) atoms. The molecule has 4 aliphatic rings. The molecule has 2 atom stereocenters. The Bertz CT molecular complexity index is 1030. The van der Waals surface area contributed by atoms with Gasteiger partial charge in [-0.1, -0.05) is 12.1 Å². The summed E-state index contributed by atoms with van der Waals surface area (Å²) < 4.78 is 44.7. The maximum absolute atomic E-state index is 11.8. The highest BCUT2D eigenvalue weighted by molar-refractivity contribution is 7.88. The van der Waals surface area contributed by atoms with Crippen LogP contribution in [0.3, 0.4) is 0 Å². The van der Waals surface area contributed by atoms with Gasteiger partial charge in [0, 0.05) is 6.04 Å². The third-order valence-corrected chi connectivity index (χ3v) is 7.74. The number of nitrogens with zero attached hydrogens (tertiary/aromatic N) is 1. The fraction of sp³-hybridized carbons (Fsp3) is 0.609. The van der Waals surface area contributed by atoms with Crippen LogP contribution in [0.15, 0.2) is 34.9 Å². The van der Waals surface area contributed by atoms with Crippen LogP contribution in [0.5, 0.6) is 5.75 Å². The van der Waals surface area contributed by atoms with E-state index in [2.05, 4.69) is 22.9 Å². The topological polar surface area (TPSA) is 90.7 Å². The van der Waals surface area contributed by atoms with Gasteiger partial charge < -0.3 is 13.9 Å². The van der Waals surface area contributed by atoms with Crippen LogP contribution in [0.1, 0.15) is 68.0 Å². The second kappa shape index (κ2) is 8.22. The first-order valence-electron chi connectivity index (χ1n) is 11.2. The summed E-state index contributed by atoms with van der Waals surface area (Å²) in [4.78, 5) is 4.74. The number of fused-ring (bicyclic) bond motifs is 4. The maximum Gasteiger partial charge on any atom is 0.208 e. The zero-order chi connectivity index (χ0) is 21.5. The summed E-state index contributed by atoms with van der Waals surface area (Å²) >= 11 is 0. The molecule has 3 heterocycles. The molecule has 7 nitrogen and oxygen atoms in total. The van der Waals surface area contributed by atoms with E-state index in [-0.39, 0.29) is 12.1 Å². The van der Waals surface area contributed by atoms with Crippen LogP contribution in [0.25, 0.3) is 0 Å². The van der Waals surface area contributed by atoms with E-state index < -0.39 is 15.4 Å². The van der Waals surface area contributed by atoms with E-state index in [1.54, 1.807) is 6.26 Å². The molecule has 2 aliphatic heterocycles. The van der Waals surface area contributed by atoms with Crippen molar-refractivity contribution in [3.8, 4) is 5.75 Å². The van der Waals surface area contributed by atoms with Crippen molar-refractivity contribution in [2.24, 2.45) is 0 Å². The van der Waals surface area contributed by atoms with Crippen molar-refractivity contribution >= 4 is 10.0 Å². The lowest BCUT2D eigenvalue weighted by molar-refractivity contribution is -0.0100. The lowest BCUT2D eigenvalue weighted by Crippen LogP contribution is -2.37. The van der Waals surface area contributed by atoms with Crippen molar-refractivity contribution in [2.75, 3.05) is 12.9 Å². The molecule has 2 aromatic rings. The van der Waals surface area contributed by atoms with Crippen molar-refractivity contribution in [1.29, 1.82) is 0 Å². The zero-order valence-electron chi connectivity index (χ0n) is 17.9. The lowest BCUT2D eigenvalue weighted by atomic mass is 9.82. The Labute approximate surface area is 183 Å². The van der Waals surface area contributed by atoms with Crippen molar-refractivity contribution in [2.45, 2.75) is 75.0 Å². The first-order valence-corrected chi connectivity index (χ1v) is 13.0. The fourth-order valence-electron chi connectivity index (χ4n) is 5.39. The second-order valence-electron chi connectivity index (χ2n) is 9.40. The first-order chi connectivity index (χ1) is 14.9. The summed E-state index contributed by atoms with van der Waals surface area (Å²) in [5.74, 6) is 2.01. The van der Waals surface area contributed by atoms with Crippen LogP contribution in [0.2, 0.25) is 0 Å². The minimum absolute atomic E-state index is 0.135. The van der Waals surface area contributed by atoms with Crippen LogP contribution in [-0.2, 0) is 26.8 Å². The summed E-state index contributed by atoms with van der Waals surface area (Å²) in [7, 11) is -3.27. The Morgan fingerprint density at radius 3 is 2.81 bits per heavy atom. The minimum Gasteiger partial charge on any atom is -0.487 e. The van der Waals surface area contributed by atoms with Crippen LogP contribution in [0, 0.1) is 0 Å². The molecule has 1 spiro atoms. The van der Waals surface area contributed by atoms with Gasteiger partial charge in [0.15, 0.2) is 0 Å². The quantitative estimate of drug-likeness (QED) is 0.757. The van der Waals surface area contributed by atoms with E-state index in [1.165, 1.54) is 11.8 Å². The third kappa shape index (κ3) is 4.66. The van der Waals surface area contributed by atoms with Gasteiger partial charge in [0.2, 0.25) is 15.9 Å². The van der Waals surface area contributed by atoms with Gasteiger partial charge in [-0.2, -0.15) is 0 Å². The molecule has 1 N–H and O–H groups in total. The Balaban J connectivity index is 1.43. The molecule has 168 valence electrons. The van der Waals surface area contributed by atoms with Gasteiger partial charge in [0.1, 0.15) is 24.3 Å². The average molecular weight is 447 g/mol. The number of ether oxygens (including phenoxy) is 2. The van der Waals surface area contributed by atoms with Crippen molar-refractivity contribution in [3.05, 3.63) is 47.7 Å². The van der Waals surface area contributed by atoms with E-state index in [4.69, 9.17) is 18.9 Å². The summed E-state index contributed by atoms with van der Waals surface area (Å²) in [5, 5.41) is 0. The van der Waals surface area contributed by atoms with Crippen molar-refractivity contribution in [1.82, 2.24) is 9.71 Å². The molecule has 2 saturated carbocycles. The fourth-order valence-corrected chi connectivity index (χ4v) is 6.20. The largest absolute Gasteiger partial charge is 0.487 e. The molecule has 0 saturated heterocycles. The standard InChI is InChI=1S/C23H30N2O5S/c1-31(26,27)25-18-9-10-23(12-18)15-30-20-7-5-16(6-8-20)17-3-2-4-21(11-17)28-13-19-14-29-22(23)24-19/h2-4,11,14,16,18,20,25H,5-10,12-13,15H2,1H3/t16?,18-,20?,23-/m0/s1. The predicted octanol–water partition coefficient (Wildman–Crippen LogP) is 3.65.